The average Bonchev–Trinajstić information content (AvgIpc) is 2.43. The Kier molecular flexibility index (Phi) is 4.67. The largest absolute Gasteiger partial charge is 0.370 e. The number of benzene rings is 1. The molecule has 0 aliphatic carbocycles. The third-order valence-electron chi connectivity index (χ3n) is 2.81. The van der Waals surface area contributed by atoms with Crippen molar-refractivity contribution in [3.05, 3.63) is 41.7 Å². The Balaban J connectivity index is 2.36. The second kappa shape index (κ2) is 6.47. The molecule has 0 aliphatic rings. The van der Waals surface area contributed by atoms with Crippen LogP contribution in [0.5, 0.6) is 0 Å². The van der Waals surface area contributed by atoms with Crippen LogP contribution in [0.1, 0.15) is 32.5 Å². The molecule has 0 unspecified atom stereocenters. The van der Waals surface area contributed by atoms with E-state index < -0.39 is 11.6 Å². The van der Waals surface area contributed by atoms with Crippen molar-refractivity contribution in [2.45, 2.75) is 26.7 Å². The number of hydrogen-bond donors (Lipinski definition) is 2. The van der Waals surface area contributed by atoms with E-state index in [0.717, 1.165) is 18.2 Å². The third kappa shape index (κ3) is 3.87. The highest BCUT2D eigenvalue weighted by molar-refractivity contribution is 5.60. The summed E-state index contributed by atoms with van der Waals surface area (Å²) in [6.45, 7) is 6.61. The van der Waals surface area contributed by atoms with Crippen LogP contribution in [0.4, 0.5) is 26.1 Å². The maximum Gasteiger partial charge on any atom is 0.146 e. The number of aromatic nitrogens is 2. The lowest BCUT2D eigenvalue weighted by atomic mass is 10.2. The number of rotatable bonds is 5. The second-order valence-electron chi connectivity index (χ2n) is 4.93. The van der Waals surface area contributed by atoms with Crippen LogP contribution >= 0.6 is 0 Å². The molecule has 1 aromatic carbocycles. The van der Waals surface area contributed by atoms with Gasteiger partial charge in [-0.25, -0.2) is 18.7 Å². The van der Waals surface area contributed by atoms with Gasteiger partial charge in [0.25, 0.3) is 0 Å². The number of nitrogens with zero attached hydrogens (tertiary/aromatic N) is 2. The summed E-state index contributed by atoms with van der Waals surface area (Å²) in [6, 6.07) is 4.91. The van der Waals surface area contributed by atoms with Crippen LogP contribution in [0.3, 0.4) is 0 Å². The molecule has 21 heavy (non-hydrogen) atoms. The average molecular weight is 292 g/mol. The summed E-state index contributed by atoms with van der Waals surface area (Å²) in [5.74, 6) is 0.786. The zero-order chi connectivity index (χ0) is 15.4. The maximum atomic E-state index is 13.7. The molecule has 0 atom stereocenters. The maximum absolute atomic E-state index is 13.7. The Hall–Kier alpha value is -2.24. The predicted molar refractivity (Wildman–Crippen MR) is 79.9 cm³/mol. The molecule has 2 rings (SSSR count). The number of anilines is 3. The second-order valence-corrected chi connectivity index (χ2v) is 4.93. The minimum atomic E-state index is -0.536. The molecule has 0 radical (unpaired) electrons. The van der Waals surface area contributed by atoms with Gasteiger partial charge in [0.15, 0.2) is 0 Å². The van der Waals surface area contributed by atoms with Crippen molar-refractivity contribution in [1.82, 2.24) is 9.97 Å². The van der Waals surface area contributed by atoms with Gasteiger partial charge < -0.3 is 10.6 Å². The summed E-state index contributed by atoms with van der Waals surface area (Å²) in [6.07, 6.45) is 0. The van der Waals surface area contributed by atoms with Crippen molar-refractivity contribution in [2.24, 2.45) is 0 Å². The van der Waals surface area contributed by atoms with E-state index in [4.69, 9.17) is 0 Å². The van der Waals surface area contributed by atoms with Gasteiger partial charge in [0.05, 0.1) is 5.69 Å². The Morgan fingerprint density at radius 3 is 2.48 bits per heavy atom. The molecule has 0 fully saturated rings. The van der Waals surface area contributed by atoms with Gasteiger partial charge in [0.2, 0.25) is 0 Å². The van der Waals surface area contributed by atoms with Crippen molar-refractivity contribution >= 4 is 17.3 Å². The predicted octanol–water partition coefficient (Wildman–Crippen LogP) is 4.05. The first-order valence-electron chi connectivity index (χ1n) is 6.84. The topological polar surface area (TPSA) is 49.8 Å². The zero-order valence-corrected chi connectivity index (χ0v) is 12.2. The van der Waals surface area contributed by atoms with Crippen molar-refractivity contribution in [3.63, 3.8) is 0 Å². The van der Waals surface area contributed by atoms with Crippen molar-refractivity contribution in [3.8, 4) is 0 Å². The summed E-state index contributed by atoms with van der Waals surface area (Å²) in [4.78, 5) is 8.70. The van der Waals surface area contributed by atoms with Crippen LogP contribution in [-0.4, -0.2) is 16.5 Å². The van der Waals surface area contributed by atoms with Gasteiger partial charge in [-0.15, -0.1) is 0 Å². The fraction of sp³-hybridized carbons (Fsp3) is 0.333. The van der Waals surface area contributed by atoms with Gasteiger partial charge >= 0.3 is 0 Å². The van der Waals surface area contributed by atoms with Gasteiger partial charge in [0, 0.05) is 24.6 Å². The lowest BCUT2D eigenvalue weighted by Crippen LogP contribution is -2.07. The minimum absolute atomic E-state index is 0.0471. The van der Waals surface area contributed by atoms with E-state index in [1.165, 1.54) is 0 Å². The van der Waals surface area contributed by atoms with Gasteiger partial charge in [0.1, 0.15) is 29.1 Å². The normalized spacial score (nSPS) is 10.8. The number of nitrogens with one attached hydrogen (secondary N) is 2. The summed E-state index contributed by atoms with van der Waals surface area (Å²) in [7, 11) is 0. The molecule has 0 spiro atoms. The van der Waals surface area contributed by atoms with Crippen LogP contribution in [0, 0.1) is 11.6 Å². The van der Waals surface area contributed by atoms with Crippen LogP contribution in [0.25, 0.3) is 0 Å². The Morgan fingerprint density at radius 2 is 1.81 bits per heavy atom. The van der Waals surface area contributed by atoms with Crippen LogP contribution in [-0.2, 0) is 0 Å². The smallest absolute Gasteiger partial charge is 0.146 e. The number of hydrogen-bond acceptors (Lipinski definition) is 4. The van der Waals surface area contributed by atoms with Gasteiger partial charge in [-0.05, 0) is 19.1 Å². The lowest BCUT2D eigenvalue weighted by Gasteiger charge is -2.12. The highest BCUT2D eigenvalue weighted by Gasteiger charge is 2.10. The standard InChI is InChI=1S/C15H18F2N4/c1-4-18-13-8-14(21-15(20-13)9(2)3)19-12-7-10(16)5-6-11(12)17/h5-9H,4H2,1-3H3,(H2,18,19,20,21). The molecule has 0 amide bonds. The Labute approximate surface area is 122 Å². The molecular formula is C15H18F2N4. The van der Waals surface area contributed by atoms with E-state index in [9.17, 15) is 8.78 Å². The highest BCUT2D eigenvalue weighted by atomic mass is 19.1. The van der Waals surface area contributed by atoms with Crippen molar-refractivity contribution in [1.29, 1.82) is 0 Å². The third-order valence-corrected chi connectivity index (χ3v) is 2.81. The molecule has 0 bridgehead atoms. The Bertz CT molecular complexity index is 629. The summed E-state index contributed by atoms with van der Waals surface area (Å²) < 4.78 is 26.9. The van der Waals surface area contributed by atoms with Crippen LogP contribution in [0.15, 0.2) is 24.3 Å². The summed E-state index contributed by atoms with van der Waals surface area (Å²) >= 11 is 0. The quantitative estimate of drug-likeness (QED) is 0.872. The van der Waals surface area contributed by atoms with Crippen LogP contribution < -0.4 is 10.6 Å². The Morgan fingerprint density at radius 1 is 1.10 bits per heavy atom. The highest BCUT2D eigenvalue weighted by Crippen LogP contribution is 2.23. The van der Waals surface area contributed by atoms with E-state index in [1.807, 2.05) is 20.8 Å². The van der Waals surface area contributed by atoms with Gasteiger partial charge in [-0.1, -0.05) is 13.8 Å². The molecule has 2 aromatic rings. The molecule has 1 aromatic heterocycles. The lowest BCUT2D eigenvalue weighted by molar-refractivity contribution is 0.603. The molecule has 0 saturated carbocycles. The first-order chi connectivity index (χ1) is 9.99. The fourth-order valence-electron chi connectivity index (χ4n) is 1.79. The van der Waals surface area contributed by atoms with E-state index in [-0.39, 0.29) is 11.6 Å². The monoisotopic (exact) mass is 292 g/mol. The summed E-state index contributed by atoms with van der Waals surface area (Å²) in [5, 5.41) is 5.90. The number of halogens is 2. The first-order valence-corrected chi connectivity index (χ1v) is 6.84. The van der Waals surface area contributed by atoms with Gasteiger partial charge in [-0.3, -0.25) is 0 Å². The van der Waals surface area contributed by atoms with E-state index >= 15 is 0 Å². The molecule has 1 heterocycles. The molecular weight excluding hydrogens is 274 g/mol. The molecule has 0 saturated heterocycles. The molecule has 4 nitrogen and oxygen atoms in total. The molecule has 0 aliphatic heterocycles. The van der Waals surface area contributed by atoms with E-state index in [2.05, 4.69) is 20.6 Å². The molecule has 2 N–H and O–H groups in total. The first kappa shape index (κ1) is 15.2. The zero-order valence-electron chi connectivity index (χ0n) is 12.2. The van der Waals surface area contributed by atoms with Crippen molar-refractivity contribution in [2.75, 3.05) is 17.2 Å². The minimum Gasteiger partial charge on any atom is -0.370 e. The van der Waals surface area contributed by atoms with Crippen molar-refractivity contribution < 1.29 is 8.78 Å². The van der Waals surface area contributed by atoms with Gasteiger partial charge in [-0.2, -0.15) is 0 Å². The summed E-state index contributed by atoms with van der Waals surface area (Å²) in [5.41, 5.74) is 0.0471. The SMILES string of the molecule is CCNc1cc(Nc2cc(F)ccc2F)nc(C(C)C)n1. The van der Waals surface area contributed by atoms with E-state index in [1.54, 1.807) is 6.07 Å². The van der Waals surface area contributed by atoms with E-state index in [0.29, 0.717) is 24.0 Å². The fourth-order valence-corrected chi connectivity index (χ4v) is 1.79. The molecule has 112 valence electrons. The van der Waals surface area contributed by atoms with Crippen LogP contribution in [0.2, 0.25) is 0 Å². The molecule has 6 heteroatoms.